The third-order valence-electron chi connectivity index (χ3n) is 2.54. The lowest BCUT2D eigenvalue weighted by Gasteiger charge is -2.23. The fraction of sp³-hybridized carbons (Fsp3) is 0.538. The number of halogens is 1. The molecule has 1 heterocycles. The van der Waals surface area contributed by atoms with Crippen LogP contribution in [0.2, 0.25) is 5.02 Å². The molecule has 4 nitrogen and oxygen atoms in total. The predicted octanol–water partition coefficient (Wildman–Crippen LogP) is 3.27. The molecule has 1 rings (SSSR count). The summed E-state index contributed by atoms with van der Waals surface area (Å²) < 4.78 is 0. The zero-order valence-corrected chi connectivity index (χ0v) is 12.8. The van der Waals surface area contributed by atoms with Crippen molar-refractivity contribution in [3.8, 4) is 0 Å². The normalized spacial score (nSPS) is 13.1. The molecule has 0 aliphatic carbocycles. The molecule has 0 saturated heterocycles. The molecular formula is C13H18ClNO3S. The molecular weight excluding hydrogens is 286 g/mol. The van der Waals surface area contributed by atoms with E-state index in [0.29, 0.717) is 16.3 Å². The summed E-state index contributed by atoms with van der Waals surface area (Å²) in [6.07, 6.45) is 0.501. The first kappa shape index (κ1) is 16.0. The van der Waals surface area contributed by atoms with Crippen molar-refractivity contribution in [1.82, 2.24) is 5.32 Å². The van der Waals surface area contributed by atoms with E-state index in [9.17, 15) is 9.59 Å². The highest BCUT2D eigenvalue weighted by Crippen LogP contribution is 2.25. The van der Waals surface area contributed by atoms with Crippen molar-refractivity contribution in [3.63, 3.8) is 0 Å². The van der Waals surface area contributed by atoms with Gasteiger partial charge < -0.3 is 10.4 Å². The number of thiophene rings is 1. The van der Waals surface area contributed by atoms with Crippen LogP contribution in [-0.4, -0.2) is 23.5 Å². The van der Waals surface area contributed by atoms with Gasteiger partial charge in [0.15, 0.2) is 0 Å². The van der Waals surface area contributed by atoms with Crippen LogP contribution in [0.1, 0.15) is 36.9 Å². The maximum atomic E-state index is 11.8. The van der Waals surface area contributed by atoms with Crippen molar-refractivity contribution in [2.45, 2.75) is 27.2 Å². The summed E-state index contributed by atoms with van der Waals surface area (Å²) >= 11 is 7.09. The van der Waals surface area contributed by atoms with Crippen LogP contribution in [-0.2, 0) is 4.79 Å². The van der Waals surface area contributed by atoms with Crippen LogP contribution in [0.3, 0.4) is 0 Å². The van der Waals surface area contributed by atoms with Gasteiger partial charge in [-0.2, -0.15) is 0 Å². The van der Waals surface area contributed by atoms with Gasteiger partial charge in [-0.3, -0.25) is 9.59 Å². The third-order valence-corrected chi connectivity index (χ3v) is 3.88. The Balaban J connectivity index is 2.60. The number of carboxylic acids is 1. The van der Waals surface area contributed by atoms with E-state index in [0.717, 1.165) is 0 Å². The molecule has 0 saturated carbocycles. The van der Waals surface area contributed by atoms with Crippen LogP contribution < -0.4 is 5.32 Å². The molecule has 0 bridgehead atoms. The van der Waals surface area contributed by atoms with Crippen LogP contribution in [0.4, 0.5) is 0 Å². The number of rotatable bonds is 5. The summed E-state index contributed by atoms with van der Waals surface area (Å²) in [5, 5.41) is 13.9. The number of nitrogens with one attached hydrogen (secondary N) is 1. The number of hydrogen-bond donors (Lipinski definition) is 2. The Hall–Kier alpha value is -1.07. The molecule has 1 amide bonds. The minimum Gasteiger partial charge on any atom is -0.481 e. The zero-order chi connectivity index (χ0) is 14.6. The second-order valence-corrected chi connectivity index (χ2v) is 6.93. The van der Waals surface area contributed by atoms with Gasteiger partial charge in [0.2, 0.25) is 0 Å². The Labute approximate surface area is 121 Å². The summed E-state index contributed by atoms with van der Waals surface area (Å²) in [4.78, 5) is 23.4. The minimum atomic E-state index is -0.896. The summed E-state index contributed by atoms with van der Waals surface area (Å²) in [6.45, 7) is 6.03. The molecule has 1 aromatic heterocycles. The topological polar surface area (TPSA) is 66.4 Å². The molecule has 0 aliphatic rings. The van der Waals surface area contributed by atoms with Gasteiger partial charge in [0, 0.05) is 6.54 Å². The second kappa shape index (κ2) is 6.39. The summed E-state index contributed by atoms with van der Waals surface area (Å²) in [6, 6.07) is 1.64. The number of carboxylic acid groups (broad SMARTS) is 1. The van der Waals surface area contributed by atoms with Crippen molar-refractivity contribution in [3.05, 3.63) is 21.3 Å². The van der Waals surface area contributed by atoms with E-state index in [-0.39, 0.29) is 17.9 Å². The molecule has 1 atom stereocenters. The summed E-state index contributed by atoms with van der Waals surface area (Å²) in [5.41, 5.74) is -0.103. The molecule has 0 spiro atoms. The highest BCUT2D eigenvalue weighted by molar-refractivity contribution is 7.12. The quantitative estimate of drug-likeness (QED) is 0.877. The number of aliphatic carboxylic acids is 1. The average Bonchev–Trinajstić information content (AvgIpc) is 2.68. The minimum absolute atomic E-state index is 0.103. The number of hydrogen-bond acceptors (Lipinski definition) is 3. The molecule has 2 N–H and O–H groups in total. The van der Waals surface area contributed by atoms with E-state index in [1.165, 1.54) is 11.3 Å². The standard InChI is InChI=1S/C13H18ClNO3S/c1-13(2,3)6-8(12(17)18)7-15-11(16)10-9(14)4-5-19-10/h4-5,8H,6-7H2,1-3H3,(H,15,16)(H,17,18). The molecule has 6 heteroatoms. The molecule has 0 aromatic carbocycles. The van der Waals surface area contributed by atoms with E-state index < -0.39 is 11.9 Å². The Bertz CT molecular complexity index is 465. The van der Waals surface area contributed by atoms with Gasteiger partial charge in [-0.05, 0) is 23.3 Å². The van der Waals surface area contributed by atoms with Crippen LogP contribution in [0, 0.1) is 11.3 Å². The first-order valence-electron chi connectivity index (χ1n) is 5.94. The maximum absolute atomic E-state index is 11.8. The van der Waals surface area contributed by atoms with Crippen molar-refractivity contribution < 1.29 is 14.7 Å². The molecule has 0 radical (unpaired) electrons. The zero-order valence-electron chi connectivity index (χ0n) is 11.2. The van der Waals surface area contributed by atoms with E-state index in [4.69, 9.17) is 16.7 Å². The highest BCUT2D eigenvalue weighted by Gasteiger charge is 2.25. The van der Waals surface area contributed by atoms with Gasteiger partial charge in [-0.25, -0.2) is 0 Å². The smallest absolute Gasteiger partial charge is 0.308 e. The molecule has 19 heavy (non-hydrogen) atoms. The third kappa shape index (κ3) is 5.20. The van der Waals surface area contributed by atoms with E-state index in [1.807, 2.05) is 20.8 Å². The molecule has 1 unspecified atom stereocenters. The van der Waals surface area contributed by atoms with Crippen LogP contribution in [0.25, 0.3) is 0 Å². The monoisotopic (exact) mass is 303 g/mol. The summed E-state index contributed by atoms with van der Waals surface area (Å²) in [5.74, 6) is -1.81. The van der Waals surface area contributed by atoms with Gasteiger partial charge in [-0.1, -0.05) is 32.4 Å². The Kier molecular flexibility index (Phi) is 5.38. The first-order valence-corrected chi connectivity index (χ1v) is 7.20. The molecule has 1 aromatic rings. The van der Waals surface area contributed by atoms with Crippen molar-refractivity contribution in [2.24, 2.45) is 11.3 Å². The lowest BCUT2D eigenvalue weighted by atomic mass is 9.84. The van der Waals surface area contributed by atoms with Gasteiger partial charge in [-0.15, -0.1) is 11.3 Å². The lowest BCUT2D eigenvalue weighted by molar-refractivity contribution is -0.142. The van der Waals surface area contributed by atoms with Crippen LogP contribution in [0.5, 0.6) is 0 Å². The SMILES string of the molecule is CC(C)(C)CC(CNC(=O)c1sccc1Cl)C(=O)O. The van der Waals surface area contributed by atoms with Crippen molar-refractivity contribution >= 4 is 34.8 Å². The number of amides is 1. The number of carbonyl (C=O) groups is 2. The predicted molar refractivity (Wildman–Crippen MR) is 76.9 cm³/mol. The molecule has 0 aliphatic heterocycles. The Morgan fingerprint density at radius 2 is 2.11 bits per heavy atom. The van der Waals surface area contributed by atoms with Crippen molar-refractivity contribution in [1.29, 1.82) is 0 Å². The molecule has 0 fully saturated rings. The fourth-order valence-corrected chi connectivity index (χ4v) is 2.80. The highest BCUT2D eigenvalue weighted by atomic mass is 35.5. The van der Waals surface area contributed by atoms with E-state index in [1.54, 1.807) is 11.4 Å². The molecule has 106 valence electrons. The first-order chi connectivity index (χ1) is 8.70. The number of carbonyl (C=O) groups excluding carboxylic acids is 1. The van der Waals surface area contributed by atoms with Crippen LogP contribution >= 0.6 is 22.9 Å². The van der Waals surface area contributed by atoms with E-state index in [2.05, 4.69) is 5.32 Å². The van der Waals surface area contributed by atoms with E-state index >= 15 is 0 Å². The van der Waals surface area contributed by atoms with Gasteiger partial charge in [0.25, 0.3) is 5.91 Å². The fourth-order valence-electron chi connectivity index (χ4n) is 1.74. The van der Waals surface area contributed by atoms with Gasteiger partial charge in [0.1, 0.15) is 4.88 Å². The lowest BCUT2D eigenvalue weighted by Crippen LogP contribution is -2.34. The Morgan fingerprint density at radius 3 is 2.53 bits per heavy atom. The maximum Gasteiger partial charge on any atom is 0.308 e. The second-order valence-electron chi connectivity index (χ2n) is 5.61. The van der Waals surface area contributed by atoms with Crippen molar-refractivity contribution in [2.75, 3.05) is 6.54 Å². The van der Waals surface area contributed by atoms with Gasteiger partial charge >= 0.3 is 5.97 Å². The summed E-state index contributed by atoms with van der Waals surface area (Å²) in [7, 11) is 0. The Morgan fingerprint density at radius 1 is 1.47 bits per heavy atom. The average molecular weight is 304 g/mol. The van der Waals surface area contributed by atoms with Gasteiger partial charge in [0.05, 0.1) is 10.9 Å². The van der Waals surface area contributed by atoms with Crippen LogP contribution in [0.15, 0.2) is 11.4 Å². The largest absolute Gasteiger partial charge is 0.481 e.